The normalized spacial score (nSPS) is 22.0. The number of allylic oxidation sites excluding steroid dienone is 2. The van der Waals surface area contributed by atoms with Gasteiger partial charge in [-0.15, -0.1) is 0 Å². The highest BCUT2D eigenvalue weighted by Crippen LogP contribution is 2.41. The summed E-state index contributed by atoms with van der Waals surface area (Å²) in [5.74, 6) is 0.111. The highest BCUT2D eigenvalue weighted by Gasteiger charge is 2.32. The number of carbonyl (C=O) groups is 1. The second kappa shape index (κ2) is 7.30. The minimum atomic E-state index is -1.04. The predicted molar refractivity (Wildman–Crippen MR) is 89.8 cm³/mol. The van der Waals surface area contributed by atoms with Gasteiger partial charge in [0.15, 0.2) is 0 Å². The molecule has 0 radical (unpaired) electrons. The van der Waals surface area contributed by atoms with Gasteiger partial charge < -0.3 is 9.47 Å². The van der Waals surface area contributed by atoms with Crippen LogP contribution in [0.25, 0.3) is 0 Å². The zero-order valence-corrected chi connectivity index (χ0v) is 15.4. The van der Waals surface area contributed by atoms with E-state index in [4.69, 9.17) is 4.74 Å². The third-order valence-electron chi connectivity index (χ3n) is 4.00. The zero-order valence-electron chi connectivity index (χ0n) is 14.4. The van der Waals surface area contributed by atoms with Crippen LogP contribution in [0.1, 0.15) is 26.7 Å². The molecule has 3 nitrogen and oxygen atoms in total. The van der Waals surface area contributed by atoms with Crippen molar-refractivity contribution >= 4 is 14.0 Å². The number of methoxy groups -OCH3 is 1. The van der Waals surface area contributed by atoms with E-state index in [2.05, 4.69) is 44.3 Å². The van der Waals surface area contributed by atoms with E-state index in [1.54, 1.807) is 5.57 Å². The summed E-state index contributed by atoms with van der Waals surface area (Å²) in [5.41, 5.74) is 1.78. The van der Waals surface area contributed by atoms with Crippen molar-refractivity contribution in [2.75, 3.05) is 13.7 Å². The molecule has 0 N–H and O–H groups in total. The number of ether oxygens (including phenoxy) is 2. The Bertz CT molecular complexity index is 416. The molecule has 4 heteroatoms. The van der Waals surface area contributed by atoms with Gasteiger partial charge in [0.2, 0.25) is 0 Å². The maximum absolute atomic E-state index is 11.0. The third-order valence-corrected chi connectivity index (χ3v) is 5.51. The van der Waals surface area contributed by atoms with Crippen molar-refractivity contribution in [1.29, 1.82) is 0 Å². The average molecular weight is 311 g/mol. The Hall–Kier alpha value is -1.03. The number of esters is 1. The summed E-state index contributed by atoms with van der Waals surface area (Å²) >= 11 is 0. The SMILES string of the molecule is COC(=O)/C=C/OCC1CCC(C[Si](C)(C)C)=CC1(C)C. The van der Waals surface area contributed by atoms with Crippen LogP contribution in [0.5, 0.6) is 0 Å². The van der Waals surface area contributed by atoms with Gasteiger partial charge in [0.25, 0.3) is 0 Å². The van der Waals surface area contributed by atoms with E-state index < -0.39 is 8.07 Å². The van der Waals surface area contributed by atoms with Crippen molar-refractivity contribution < 1.29 is 14.3 Å². The number of hydrogen-bond acceptors (Lipinski definition) is 3. The lowest BCUT2D eigenvalue weighted by Gasteiger charge is -2.37. The van der Waals surface area contributed by atoms with Crippen LogP contribution in [-0.4, -0.2) is 27.8 Å². The molecule has 1 aliphatic carbocycles. The second-order valence-corrected chi connectivity index (χ2v) is 13.2. The van der Waals surface area contributed by atoms with Crippen LogP contribution >= 0.6 is 0 Å². The summed E-state index contributed by atoms with van der Waals surface area (Å²) in [6.45, 7) is 12.5. The van der Waals surface area contributed by atoms with Crippen LogP contribution in [0.15, 0.2) is 24.0 Å². The van der Waals surface area contributed by atoms with Gasteiger partial charge in [0.1, 0.15) is 0 Å². The topological polar surface area (TPSA) is 35.5 Å². The summed E-state index contributed by atoms with van der Waals surface area (Å²) in [4.78, 5) is 11.0. The highest BCUT2D eigenvalue weighted by atomic mass is 28.3. The van der Waals surface area contributed by atoms with E-state index in [9.17, 15) is 4.79 Å². The lowest BCUT2D eigenvalue weighted by atomic mass is 9.71. The van der Waals surface area contributed by atoms with Gasteiger partial charge in [-0.25, -0.2) is 4.79 Å². The first-order valence-corrected chi connectivity index (χ1v) is 11.4. The van der Waals surface area contributed by atoms with E-state index in [0.29, 0.717) is 12.5 Å². The number of carbonyl (C=O) groups excluding carboxylic acids is 1. The zero-order chi connectivity index (χ0) is 16.1. The molecule has 1 aliphatic rings. The molecule has 120 valence electrons. The number of rotatable bonds is 6. The van der Waals surface area contributed by atoms with Crippen molar-refractivity contribution in [1.82, 2.24) is 0 Å². The highest BCUT2D eigenvalue weighted by molar-refractivity contribution is 6.76. The van der Waals surface area contributed by atoms with Crippen LogP contribution in [0.4, 0.5) is 0 Å². The van der Waals surface area contributed by atoms with Gasteiger partial charge in [-0.1, -0.05) is 45.1 Å². The van der Waals surface area contributed by atoms with Crippen LogP contribution < -0.4 is 0 Å². The molecule has 0 bridgehead atoms. The smallest absolute Gasteiger partial charge is 0.333 e. The summed E-state index contributed by atoms with van der Waals surface area (Å²) in [7, 11) is 0.324. The fourth-order valence-corrected chi connectivity index (χ4v) is 4.55. The lowest BCUT2D eigenvalue weighted by Crippen LogP contribution is -2.31. The first-order valence-electron chi connectivity index (χ1n) is 7.71. The summed E-state index contributed by atoms with van der Waals surface area (Å²) < 4.78 is 10.0. The molecule has 0 heterocycles. The Morgan fingerprint density at radius 1 is 1.43 bits per heavy atom. The maximum atomic E-state index is 11.0. The van der Waals surface area contributed by atoms with E-state index in [1.165, 1.54) is 31.9 Å². The van der Waals surface area contributed by atoms with Crippen LogP contribution in [0.2, 0.25) is 25.7 Å². The maximum Gasteiger partial charge on any atom is 0.333 e. The Kier molecular flexibility index (Phi) is 6.26. The Labute approximate surface area is 130 Å². The summed E-state index contributed by atoms with van der Waals surface area (Å²) in [5, 5.41) is 0. The van der Waals surface area contributed by atoms with Gasteiger partial charge in [-0.3, -0.25) is 0 Å². The summed E-state index contributed by atoms with van der Waals surface area (Å²) in [6, 6.07) is 1.30. The minimum absolute atomic E-state index is 0.159. The molecule has 0 aromatic rings. The predicted octanol–water partition coefficient (Wildman–Crippen LogP) is 4.39. The largest absolute Gasteiger partial charge is 0.501 e. The second-order valence-electron chi connectivity index (χ2n) is 7.76. The quantitative estimate of drug-likeness (QED) is 0.240. The first-order chi connectivity index (χ1) is 9.64. The van der Waals surface area contributed by atoms with Crippen molar-refractivity contribution in [2.24, 2.45) is 11.3 Å². The molecule has 1 unspecified atom stereocenters. The number of hydrogen-bond donors (Lipinski definition) is 0. The van der Waals surface area contributed by atoms with E-state index >= 15 is 0 Å². The average Bonchev–Trinajstić information content (AvgIpc) is 2.33. The molecular weight excluding hydrogens is 280 g/mol. The fraction of sp³-hybridized carbons (Fsp3) is 0.706. The van der Waals surface area contributed by atoms with E-state index in [-0.39, 0.29) is 11.4 Å². The van der Waals surface area contributed by atoms with Gasteiger partial charge >= 0.3 is 5.97 Å². The molecule has 0 aromatic carbocycles. The van der Waals surface area contributed by atoms with Gasteiger partial charge in [-0.2, -0.15) is 0 Å². The van der Waals surface area contributed by atoms with Crippen molar-refractivity contribution in [2.45, 2.75) is 52.4 Å². The van der Waals surface area contributed by atoms with Crippen LogP contribution in [0, 0.1) is 11.3 Å². The van der Waals surface area contributed by atoms with Crippen molar-refractivity contribution in [3.63, 3.8) is 0 Å². The third kappa shape index (κ3) is 6.51. The fourth-order valence-electron chi connectivity index (χ4n) is 2.91. The van der Waals surface area contributed by atoms with E-state index in [1.807, 2.05) is 0 Å². The van der Waals surface area contributed by atoms with Gasteiger partial charge in [0, 0.05) is 14.0 Å². The molecule has 1 rings (SSSR count). The Balaban J connectivity index is 2.56. The molecule has 0 aromatic heterocycles. The van der Waals surface area contributed by atoms with Gasteiger partial charge in [-0.05, 0) is 24.3 Å². The molecule has 0 amide bonds. The van der Waals surface area contributed by atoms with Crippen LogP contribution in [-0.2, 0) is 14.3 Å². The molecule has 0 fully saturated rings. The lowest BCUT2D eigenvalue weighted by molar-refractivity contribution is -0.135. The first kappa shape index (κ1) is 18.0. The monoisotopic (exact) mass is 310 g/mol. The van der Waals surface area contributed by atoms with Crippen molar-refractivity contribution in [3.8, 4) is 0 Å². The molecule has 0 aliphatic heterocycles. The molecular formula is C17H30O3Si. The molecule has 0 saturated carbocycles. The van der Waals surface area contributed by atoms with E-state index in [0.717, 1.165) is 6.42 Å². The molecule has 0 spiro atoms. The standard InChI is InChI=1S/C17H30O3Si/c1-17(2)11-14(13-21(4,5)6)7-8-15(17)12-20-10-9-16(18)19-3/h9-11,15H,7-8,12-13H2,1-6H3/b10-9+. The minimum Gasteiger partial charge on any atom is -0.501 e. The molecule has 0 saturated heterocycles. The van der Waals surface area contributed by atoms with Crippen LogP contribution in [0.3, 0.4) is 0 Å². The Morgan fingerprint density at radius 3 is 2.62 bits per heavy atom. The summed E-state index contributed by atoms with van der Waals surface area (Å²) in [6.07, 6.45) is 7.58. The molecule has 1 atom stereocenters. The van der Waals surface area contributed by atoms with Crippen molar-refractivity contribution in [3.05, 3.63) is 24.0 Å². The van der Waals surface area contributed by atoms with Gasteiger partial charge in [0.05, 0.1) is 26.1 Å². The molecule has 21 heavy (non-hydrogen) atoms. The Morgan fingerprint density at radius 2 is 2.10 bits per heavy atom.